The molecule has 6 heteroatoms. The van der Waals surface area contributed by atoms with Crippen molar-refractivity contribution in [3.8, 4) is 5.88 Å². The molecular weight excluding hydrogens is 294 g/mol. The summed E-state index contributed by atoms with van der Waals surface area (Å²) in [7, 11) is 0. The Balaban J connectivity index is 1.48. The van der Waals surface area contributed by atoms with Gasteiger partial charge in [0.05, 0.1) is 18.4 Å². The van der Waals surface area contributed by atoms with E-state index in [2.05, 4.69) is 15.2 Å². The quantitative estimate of drug-likeness (QED) is 0.884. The fourth-order valence-electron chi connectivity index (χ4n) is 2.75. The van der Waals surface area contributed by atoms with Crippen LogP contribution in [0, 0.1) is 0 Å². The summed E-state index contributed by atoms with van der Waals surface area (Å²) in [6.45, 7) is 5.20. The van der Waals surface area contributed by atoms with E-state index in [9.17, 15) is 4.79 Å². The van der Waals surface area contributed by atoms with E-state index in [1.165, 1.54) is 12.5 Å². The van der Waals surface area contributed by atoms with Gasteiger partial charge in [-0.3, -0.25) is 9.69 Å². The van der Waals surface area contributed by atoms with Crippen molar-refractivity contribution < 1.29 is 13.9 Å². The van der Waals surface area contributed by atoms with Crippen molar-refractivity contribution in [2.45, 2.75) is 25.9 Å². The number of nitrogens with zero attached hydrogens (tertiary/aromatic N) is 2. The maximum atomic E-state index is 12.0. The van der Waals surface area contributed by atoms with E-state index in [1.54, 1.807) is 6.07 Å². The van der Waals surface area contributed by atoms with Crippen molar-refractivity contribution in [3.05, 3.63) is 48.0 Å². The second kappa shape index (κ2) is 7.28. The number of hydrogen-bond donors (Lipinski definition) is 1. The predicted molar refractivity (Wildman–Crippen MR) is 85.3 cm³/mol. The molecule has 122 valence electrons. The molecule has 0 aromatic carbocycles. The molecule has 6 nitrogen and oxygen atoms in total. The average Bonchev–Trinajstić information content (AvgIpc) is 3.21. The van der Waals surface area contributed by atoms with Gasteiger partial charge in [0.25, 0.3) is 5.91 Å². The highest BCUT2D eigenvalue weighted by molar-refractivity contribution is 5.93. The van der Waals surface area contributed by atoms with Crippen molar-refractivity contribution in [1.82, 2.24) is 15.2 Å². The topological polar surface area (TPSA) is 67.6 Å². The first-order valence-corrected chi connectivity index (χ1v) is 7.87. The van der Waals surface area contributed by atoms with Crippen molar-refractivity contribution in [2.24, 2.45) is 0 Å². The number of carbonyl (C=O) groups excluding carboxylic acids is 1. The lowest BCUT2D eigenvalue weighted by molar-refractivity contribution is 0.0937. The number of ether oxygens (including phenoxy) is 1. The number of pyridine rings is 1. The predicted octanol–water partition coefficient (Wildman–Crippen LogP) is 2.08. The molecule has 1 fully saturated rings. The Morgan fingerprint density at radius 2 is 2.39 bits per heavy atom. The van der Waals surface area contributed by atoms with Crippen LogP contribution in [0.5, 0.6) is 5.88 Å². The lowest BCUT2D eigenvalue weighted by atomic mass is 10.2. The molecule has 1 aliphatic heterocycles. The molecule has 1 atom stereocenters. The highest BCUT2D eigenvalue weighted by Crippen LogP contribution is 2.15. The molecule has 0 bridgehead atoms. The Kier molecular flexibility index (Phi) is 4.92. The van der Waals surface area contributed by atoms with Crippen LogP contribution in [0.1, 0.15) is 29.3 Å². The Morgan fingerprint density at radius 3 is 3.09 bits per heavy atom. The smallest absolute Gasteiger partial charge is 0.254 e. The normalized spacial score (nSPS) is 18.0. The lowest BCUT2D eigenvalue weighted by Gasteiger charge is -2.16. The maximum Gasteiger partial charge on any atom is 0.254 e. The van der Waals surface area contributed by atoms with E-state index < -0.39 is 0 Å². The SMILES string of the molecule is CCOc1ccc(CN2CC[C@@H](NC(=O)c3ccoc3)C2)cn1. The Labute approximate surface area is 135 Å². The van der Waals surface area contributed by atoms with Gasteiger partial charge < -0.3 is 14.5 Å². The maximum absolute atomic E-state index is 12.0. The molecule has 2 aromatic rings. The third-order valence-corrected chi connectivity index (χ3v) is 3.89. The van der Waals surface area contributed by atoms with E-state index >= 15 is 0 Å². The molecule has 3 heterocycles. The first kappa shape index (κ1) is 15.6. The molecule has 23 heavy (non-hydrogen) atoms. The summed E-state index contributed by atoms with van der Waals surface area (Å²) in [5, 5.41) is 3.05. The molecule has 1 amide bonds. The fraction of sp³-hybridized carbons (Fsp3) is 0.412. The number of furan rings is 1. The minimum Gasteiger partial charge on any atom is -0.478 e. The van der Waals surface area contributed by atoms with E-state index in [0.29, 0.717) is 18.1 Å². The summed E-state index contributed by atoms with van der Waals surface area (Å²) in [5.74, 6) is 0.580. The minimum absolute atomic E-state index is 0.0756. The molecule has 0 aliphatic carbocycles. The zero-order valence-corrected chi connectivity index (χ0v) is 13.2. The van der Waals surface area contributed by atoms with Gasteiger partial charge in [-0.05, 0) is 25.0 Å². The number of rotatable bonds is 6. The van der Waals surface area contributed by atoms with Gasteiger partial charge in [0, 0.05) is 37.9 Å². The van der Waals surface area contributed by atoms with Crippen molar-refractivity contribution in [1.29, 1.82) is 0 Å². The first-order chi connectivity index (χ1) is 11.2. The monoisotopic (exact) mass is 315 g/mol. The summed E-state index contributed by atoms with van der Waals surface area (Å²) >= 11 is 0. The zero-order valence-electron chi connectivity index (χ0n) is 13.2. The third kappa shape index (κ3) is 4.10. The van der Waals surface area contributed by atoms with Gasteiger partial charge in [0.15, 0.2) is 0 Å². The van der Waals surface area contributed by atoms with E-state index in [4.69, 9.17) is 9.15 Å². The van der Waals surface area contributed by atoms with Crippen LogP contribution >= 0.6 is 0 Å². The van der Waals surface area contributed by atoms with Gasteiger partial charge in [-0.2, -0.15) is 0 Å². The number of nitrogens with one attached hydrogen (secondary N) is 1. The number of hydrogen-bond acceptors (Lipinski definition) is 5. The first-order valence-electron chi connectivity index (χ1n) is 7.87. The van der Waals surface area contributed by atoms with Gasteiger partial charge in [-0.1, -0.05) is 6.07 Å². The molecule has 1 aliphatic rings. The van der Waals surface area contributed by atoms with E-state index in [-0.39, 0.29) is 11.9 Å². The highest BCUT2D eigenvalue weighted by Gasteiger charge is 2.24. The largest absolute Gasteiger partial charge is 0.478 e. The van der Waals surface area contributed by atoms with E-state index in [1.807, 2.05) is 25.3 Å². The van der Waals surface area contributed by atoms with Crippen molar-refractivity contribution >= 4 is 5.91 Å². The van der Waals surface area contributed by atoms with Crippen molar-refractivity contribution in [3.63, 3.8) is 0 Å². The molecule has 0 unspecified atom stereocenters. The summed E-state index contributed by atoms with van der Waals surface area (Å²) < 4.78 is 10.3. The van der Waals surface area contributed by atoms with Crippen LogP contribution in [0.2, 0.25) is 0 Å². The van der Waals surface area contributed by atoms with Gasteiger partial charge in [-0.15, -0.1) is 0 Å². The molecule has 0 spiro atoms. The fourth-order valence-corrected chi connectivity index (χ4v) is 2.75. The Hall–Kier alpha value is -2.34. The van der Waals surface area contributed by atoms with E-state index in [0.717, 1.165) is 31.6 Å². The molecule has 3 rings (SSSR count). The standard InChI is InChI=1S/C17H21N3O3/c1-2-23-16-4-3-13(9-18-16)10-20-7-5-15(11-20)19-17(21)14-6-8-22-12-14/h3-4,6,8-9,12,15H,2,5,7,10-11H2,1H3,(H,19,21)/t15-/m1/s1. The Bertz CT molecular complexity index is 625. The van der Waals surface area contributed by atoms with Crippen LogP contribution in [0.15, 0.2) is 41.3 Å². The second-order valence-electron chi connectivity index (χ2n) is 5.64. The number of aromatic nitrogens is 1. The summed E-state index contributed by atoms with van der Waals surface area (Å²) in [5.41, 5.74) is 1.72. The summed E-state index contributed by atoms with van der Waals surface area (Å²) in [6, 6.07) is 5.78. The second-order valence-corrected chi connectivity index (χ2v) is 5.64. The van der Waals surface area contributed by atoms with Crippen LogP contribution in [0.3, 0.4) is 0 Å². The van der Waals surface area contributed by atoms with Crippen LogP contribution < -0.4 is 10.1 Å². The minimum atomic E-state index is -0.0756. The van der Waals surface area contributed by atoms with Crippen LogP contribution in [0.4, 0.5) is 0 Å². The third-order valence-electron chi connectivity index (χ3n) is 3.89. The van der Waals surface area contributed by atoms with Crippen molar-refractivity contribution in [2.75, 3.05) is 19.7 Å². The molecule has 1 N–H and O–H groups in total. The molecule has 2 aromatic heterocycles. The number of carbonyl (C=O) groups is 1. The summed E-state index contributed by atoms with van der Waals surface area (Å²) in [4.78, 5) is 18.6. The van der Waals surface area contributed by atoms with Crippen LogP contribution in [0.25, 0.3) is 0 Å². The zero-order chi connectivity index (χ0) is 16.1. The highest BCUT2D eigenvalue weighted by atomic mass is 16.5. The number of likely N-dealkylation sites (tertiary alicyclic amines) is 1. The van der Waals surface area contributed by atoms with Gasteiger partial charge in [0.2, 0.25) is 5.88 Å². The Morgan fingerprint density at radius 1 is 1.48 bits per heavy atom. The number of amides is 1. The van der Waals surface area contributed by atoms with Gasteiger partial charge in [0.1, 0.15) is 6.26 Å². The van der Waals surface area contributed by atoms with Gasteiger partial charge in [-0.25, -0.2) is 4.98 Å². The van der Waals surface area contributed by atoms with Gasteiger partial charge >= 0.3 is 0 Å². The molecule has 0 saturated carbocycles. The average molecular weight is 315 g/mol. The molecular formula is C17H21N3O3. The molecule has 0 radical (unpaired) electrons. The van der Waals surface area contributed by atoms with Crippen LogP contribution in [-0.2, 0) is 6.54 Å². The van der Waals surface area contributed by atoms with Crippen LogP contribution in [-0.4, -0.2) is 41.5 Å². The molecule has 1 saturated heterocycles. The summed E-state index contributed by atoms with van der Waals surface area (Å²) in [6.07, 6.45) is 5.78. The lowest BCUT2D eigenvalue weighted by Crippen LogP contribution is -2.36.